The molecule has 0 radical (unpaired) electrons. The van der Waals surface area contributed by atoms with Crippen LogP contribution in [-0.2, 0) is 9.53 Å². The summed E-state index contributed by atoms with van der Waals surface area (Å²) in [5.41, 5.74) is 9.15. The van der Waals surface area contributed by atoms with Crippen molar-refractivity contribution in [2.24, 2.45) is 23.5 Å². The molecule has 7 heteroatoms. The second-order valence-electron chi connectivity index (χ2n) is 9.29. The molecule has 1 amide bonds. The van der Waals surface area contributed by atoms with Crippen LogP contribution in [0.2, 0.25) is 0 Å². The zero-order valence-corrected chi connectivity index (χ0v) is 18.1. The van der Waals surface area contributed by atoms with Crippen molar-refractivity contribution in [2.75, 3.05) is 18.0 Å². The molecule has 0 spiro atoms. The van der Waals surface area contributed by atoms with E-state index in [1.165, 1.54) is 0 Å². The van der Waals surface area contributed by atoms with Crippen LogP contribution in [0.1, 0.15) is 42.6 Å². The molecule has 7 nitrogen and oxygen atoms in total. The van der Waals surface area contributed by atoms with Crippen molar-refractivity contribution in [3.8, 4) is 11.3 Å². The highest BCUT2D eigenvalue weighted by atomic mass is 16.6. The van der Waals surface area contributed by atoms with E-state index in [2.05, 4.69) is 14.9 Å². The van der Waals surface area contributed by atoms with Gasteiger partial charge in [-0.3, -0.25) is 14.6 Å². The van der Waals surface area contributed by atoms with Gasteiger partial charge in [0.2, 0.25) is 0 Å². The van der Waals surface area contributed by atoms with Crippen LogP contribution in [0.5, 0.6) is 0 Å². The molecule has 1 aliphatic heterocycles. The van der Waals surface area contributed by atoms with Crippen LogP contribution in [0.4, 0.5) is 5.69 Å². The molecular weight excluding hydrogens is 380 g/mol. The fourth-order valence-corrected chi connectivity index (χ4v) is 4.42. The molecular formula is C23H28N4O3. The van der Waals surface area contributed by atoms with Crippen LogP contribution in [0.25, 0.3) is 11.3 Å². The van der Waals surface area contributed by atoms with Gasteiger partial charge in [0.15, 0.2) is 0 Å². The topological polar surface area (TPSA) is 98.4 Å². The quantitative estimate of drug-likeness (QED) is 0.781. The number of amides is 1. The van der Waals surface area contributed by atoms with E-state index in [9.17, 15) is 9.59 Å². The average molecular weight is 409 g/mol. The van der Waals surface area contributed by atoms with Gasteiger partial charge < -0.3 is 15.4 Å². The van der Waals surface area contributed by atoms with Crippen molar-refractivity contribution < 1.29 is 14.3 Å². The Morgan fingerprint density at radius 3 is 2.17 bits per heavy atom. The monoisotopic (exact) mass is 408 g/mol. The standard InChI is InChI=1S/C23H28N4O3/c1-12-19(26-20(21(24)28)13(2)25-12)14-6-8-15(9-7-14)27-10-16-17(11-27)18(16)22(29)30-23(3,4)5/h6-9,16-18H,10-11H2,1-5H3,(H2,24,28)/t16-,17+,18+. The number of esters is 1. The minimum atomic E-state index is -0.575. The normalized spacial score (nSPS) is 22.6. The number of carbonyl (C=O) groups is 2. The number of anilines is 1. The fraction of sp³-hybridized carbons (Fsp3) is 0.478. The van der Waals surface area contributed by atoms with E-state index < -0.39 is 11.5 Å². The molecule has 30 heavy (non-hydrogen) atoms. The van der Waals surface area contributed by atoms with Gasteiger partial charge in [0.05, 0.1) is 23.0 Å². The number of rotatable bonds is 4. The first-order valence-corrected chi connectivity index (χ1v) is 10.3. The third kappa shape index (κ3) is 3.76. The summed E-state index contributed by atoms with van der Waals surface area (Å²) in [6.07, 6.45) is 0. The van der Waals surface area contributed by atoms with Gasteiger partial charge in [-0.05, 0) is 58.6 Å². The summed E-state index contributed by atoms with van der Waals surface area (Å²) in [5.74, 6) is 0.156. The number of aromatic nitrogens is 2. The Bertz CT molecular complexity index is 998. The smallest absolute Gasteiger partial charge is 0.310 e. The number of nitrogens with two attached hydrogens (primary N) is 1. The third-order valence-corrected chi connectivity index (χ3v) is 5.86. The molecule has 158 valence electrons. The number of ether oxygens (including phenoxy) is 1. The fourth-order valence-electron chi connectivity index (χ4n) is 4.42. The molecule has 2 fully saturated rings. The maximum absolute atomic E-state index is 12.3. The molecule has 1 saturated carbocycles. The van der Waals surface area contributed by atoms with Crippen LogP contribution >= 0.6 is 0 Å². The number of hydrogen-bond donors (Lipinski definition) is 1. The number of benzene rings is 1. The Labute approximate surface area is 176 Å². The number of carbonyl (C=O) groups excluding carboxylic acids is 2. The molecule has 3 atom stereocenters. The van der Waals surface area contributed by atoms with Gasteiger partial charge in [-0.1, -0.05) is 12.1 Å². The lowest BCUT2D eigenvalue weighted by molar-refractivity contribution is -0.157. The minimum absolute atomic E-state index is 0.0393. The summed E-state index contributed by atoms with van der Waals surface area (Å²) < 4.78 is 5.55. The highest BCUT2D eigenvalue weighted by Crippen LogP contribution is 2.53. The van der Waals surface area contributed by atoms with Crippen LogP contribution in [0.15, 0.2) is 24.3 Å². The Morgan fingerprint density at radius 1 is 1.03 bits per heavy atom. The van der Waals surface area contributed by atoms with E-state index >= 15 is 0 Å². The zero-order valence-electron chi connectivity index (χ0n) is 18.1. The molecule has 2 aromatic rings. The molecule has 1 saturated heterocycles. The molecule has 4 rings (SSSR count). The summed E-state index contributed by atoms with van der Waals surface area (Å²) in [6.45, 7) is 11.1. The number of nitrogens with zero attached hydrogens (tertiary/aromatic N) is 3. The summed E-state index contributed by atoms with van der Waals surface area (Å²) in [4.78, 5) is 35.1. The molecule has 1 aliphatic carbocycles. The maximum Gasteiger partial charge on any atom is 0.310 e. The van der Waals surface area contributed by atoms with E-state index in [4.69, 9.17) is 10.5 Å². The van der Waals surface area contributed by atoms with Crippen LogP contribution in [0, 0.1) is 31.6 Å². The Morgan fingerprint density at radius 2 is 1.63 bits per heavy atom. The van der Waals surface area contributed by atoms with Gasteiger partial charge in [0.25, 0.3) is 5.91 Å². The highest BCUT2D eigenvalue weighted by molar-refractivity contribution is 5.92. The van der Waals surface area contributed by atoms with Crippen LogP contribution in [0.3, 0.4) is 0 Å². The third-order valence-electron chi connectivity index (χ3n) is 5.86. The first-order valence-electron chi connectivity index (χ1n) is 10.3. The van der Waals surface area contributed by atoms with Gasteiger partial charge in [-0.15, -0.1) is 0 Å². The predicted molar refractivity (Wildman–Crippen MR) is 114 cm³/mol. The number of fused-ring (bicyclic) bond motifs is 1. The van der Waals surface area contributed by atoms with Crippen LogP contribution in [-0.4, -0.2) is 40.5 Å². The van der Waals surface area contributed by atoms with E-state index in [0.29, 0.717) is 23.2 Å². The summed E-state index contributed by atoms with van der Waals surface area (Å²) in [6, 6.07) is 8.07. The second-order valence-corrected chi connectivity index (χ2v) is 9.29. The van der Waals surface area contributed by atoms with E-state index in [-0.39, 0.29) is 17.6 Å². The van der Waals surface area contributed by atoms with Crippen molar-refractivity contribution in [2.45, 2.75) is 40.2 Å². The van der Waals surface area contributed by atoms with Crippen molar-refractivity contribution in [3.63, 3.8) is 0 Å². The van der Waals surface area contributed by atoms with Gasteiger partial charge in [-0.25, -0.2) is 4.98 Å². The molecule has 2 N–H and O–H groups in total. The molecule has 2 aliphatic rings. The molecule has 2 heterocycles. The first-order chi connectivity index (χ1) is 14.0. The molecule has 0 unspecified atom stereocenters. The lowest BCUT2D eigenvalue weighted by Crippen LogP contribution is -2.30. The Balaban J connectivity index is 1.45. The average Bonchev–Trinajstić information content (AvgIpc) is 3.15. The van der Waals surface area contributed by atoms with Gasteiger partial charge in [0.1, 0.15) is 11.3 Å². The minimum Gasteiger partial charge on any atom is -0.460 e. The molecule has 1 aromatic carbocycles. The SMILES string of the molecule is Cc1nc(C)c(-c2ccc(N3C[C@@H]4[C@H](C3)[C@H]4C(=O)OC(C)(C)C)cc2)nc1C(N)=O. The van der Waals surface area contributed by atoms with E-state index in [1.807, 2.05) is 52.0 Å². The summed E-state index contributed by atoms with van der Waals surface area (Å²) in [7, 11) is 0. The molecule has 0 bridgehead atoms. The number of aryl methyl sites for hydroxylation is 2. The summed E-state index contributed by atoms with van der Waals surface area (Å²) >= 11 is 0. The largest absolute Gasteiger partial charge is 0.460 e. The van der Waals surface area contributed by atoms with Gasteiger partial charge in [0, 0.05) is 24.3 Å². The summed E-state index contributed by atoms with van der Waals surface area (Å²) in [5, 5.41) is 0. The van der Waals surface area contributed by atoms with Crippen molar-refractivity contribution in [3.05, 3.63) is 41.3 Å². The zero-order chi connectivity index (χ0) is 21.8. The van der Waals surface area contributed by atoms with E-state index in [0.717, 1.165) is 30.0 Å². The van der Waals surface area contributed by atoms with Crippen molar-refractivity contribution in [1.82, 2.24) is 9.97 Å². The lowest BCUT2D eigenvalue weighted by atomic mass is 10.1. The first kappa shape index (κ1) is 20.3. The highest BCUT2D eigenvalue weighted by Gasteiger charge is 2.60. The number of primary amides is 1. The number of hydrogen-bond acceptors (Lipinski definition) is 6. The van der Waals surface area contributed by atoms with E-state index in [1.54, 1.807) is 6.92 Å². The van der Waals surface area contributed by atoms with Crippen molar-refractivity contribution in [1.29, 1.82) is 0 Å². The predicted octanol–water partition coefficient (Wildman–Crippen LogP) is 2.88. The molecule has 1 aromatic heterocycles. The second kappa shape index (κ2) is 7.07. The van der Waals surface area contributed by atoms with Crippen molar-refractivity contribution >= 4 is 17.6 Å². The Hall–Kier alpha value is -2.96. The lowest BCUT2D eigenvalue weighted by Gasteiger charge is -2.24. The van der Waals surface area contributed by atoms with Gasteiger partial charge >= 0.3 is 5.97 Å². The Kier molecular flexibility index (Phi) is 4.79. The van der Waals surface area contributed by atoms with Gasteiger partial charge in [-0.2, -0.15) is 0 Å². The number of piperidine rings is 1. The van der Waals surface area contributed by atoms with Crippen LogP contribution < -0.4 is 10.6 Å². The maximum atomic E-state index is 12.3.